The molecule has 1 aromatic rings. The Hall–Kier alpha value is -1.75. The topological polar surface area (TPSA) is 78.6 Å². The van der Waals surface area contributed by atoms with Crippen LogP contribution < -0.4 is 10.5 Å². The largest absolute Gasteiger partial charge is 0.482 e. The van der Waals surface area contributed by atoms with Crippen LogP contribution >= 0.6 is 11.6 Å². The van der Waals surface area contributed by atoms with Gasteiger partial charge in [0.15, 0.2) is 12.7 Å². The van der Waals surface area contributed by atoms with Crippen molar-refractivity contribution in [3.63, 3.8) is 0 Å². The van der Waals surface area contributed by atoms with Crippen molar-refractivity contribution in [1.29, 1.82) is 0 Å². The molecule has 0 aliphatic heterocycles. The molecule has 0 heterocycles. The van der Waals surface area contributed by atoms with Crippen molar-refractivity contribution in [2.24, 2.45) is 5.73 Å². The number of aryl methyl sites for hydroxylation is 1. The number of benzene rings is 1. The fourth-order valence-electron chi connectivity index (χ4n) is 1.14. The molecule has 0 saturated carbocycles. The fraction of sp³-hybridized carbons (Fsp3) is 0.333. The van der Waals surface area contributed by atoms with Gasteiger partial charge in [-0.15, -0.1) is 0 Å². The van der Waals surface area contributed by atoms with E-state index in [0.29, 0.717) is 10.8 Å². The van der Waals surface area contributed by atoms with Crippen LogP contribution in [0.2, 0.25) is 5.02 Å². The Morgan fingerprint density at radius 3 is 2.67 bits per heavy atom. The van der Waals surface area contributed by atoms with Crippen LogP contribution in [0.5, 0.6) is 5.75 Å². The van der Waals surface area contributed by atoms with Crippen molar-refractivity contribution >= 4 is 23.5 Å². The molecule has 0 spiro atoms. The van der Waals surface area contributed by atoms with Crippen LogP contribution in [-0.2, 0) is 14.3 Å². The first-order valence-electron chi connectivity index (χ1n) is 5.28. The molecule has 5 nitrogen and oxygen atoms in total. The first kappa shape index (κ1) is 14.3. The molecule has 6 heteroatoms. The summed E-state index contributed by atoms with van der Waals surface area (Å²) in [5.74, 6) is -0.861. The molecule has 0 aliphatic rings. The lowest BCUT2D eigenvalue weighted by Gasteiger charge is -2.10. The van der Waals surface area contributed by atoms with Crippen LogP contribution in [0.4, 0.5) is 0 Å². The van der Waals surface area contributed by atoms with Gasteiger partial charge in [-0.2, -0.15) is 0 Å². The molecule has 0 bridgehead atoms. The summed E-state index contributed by atoms with van der Waals surface area (Å²) in [6.45, 7) is 2.92. The standard InChI is InChI=1S/C12H14ClNO4/c1-7-5-9(3-4-10(7)13)17-6-11(15)18-8(2)12(14)16/h3-5,8H,6H2,1-2H3,(H2,14,16)/t8-/m1/s1. The summed E-state index contributed by atoms with van der Waals surface area (Å²) in [4.78, 5) is 22.0. The molecule has 0 radical (unpaired) electrons. The lowest BCUT2D eigenvalue weighted by atomic mass is 10.2. The van der Waals surface area contributed by atoms with Crippen molar-refractivity contribution in [3.05, 3.63) is 28.8 Å². The van der Waals surface area contributed by atoms with E-state index in [-0.39, 0.29) is 6.61 Å². The van der Waals surface area contributed by atoms with E-state index < -0.39 is 18.0 Å². The molecule has 1 atom stereocenters. The zero-order valence-electron chi connectivity index (χ0n) is 10.1. The maximum Gasteiger partial charge on any atom is 0.344 e. The number of carbonyl (C=O) groups excluding carboxylic acids is 2. The summed E-state index contributed by atoms with van der Waals surface area (Å²) in [5, 5.41) is 0.618. The highest BCUT2D eigenvalue weighted by Crippen LogP contribution is 2.20. The van der Waals surface area contributed by atoms with Crippen LogP contribution in [0.1, 0.15) is 12.5 Å². The first-order chi connectivity index (χ1) is 8.40. The van der Waals surface area contributed by atoms with E-state index in [4.69, 9.17) is 26.8 Å². The monoisotopic (exact) mass is 271 g/mol. The molecule has 0 unspecified atom stereocenters. The molecule has 2 N–H and O–H groups in total. The molecule has 0 aromatic heterocycles. The Bertz CT molecular complexity index is 461. The van der Waals surface area contributed by atoms with Crippen molar-refractivity contribution in [2.75, 3.05) is 6.61 Å². The molecule has 1 rings (SSSR count). The summed E-state index contributed by atoms with van der Waals surface area (Å²) in [5.41, 5.74) is 5.80. The van der Waals surface area contributed by atoms with Gasteiger partial charge in [0.2, 0.25) is 0 Å². The van der Waals surface area contributed by atoms with Gasteiger partial charge in [0.05, 0.1) is 0 Å². The minimum absolute atomic E-state index is 0.293. The van der Waals surface area contributed by atoms with Crippen molar-refractivity contribution in [1.82, 2.24) is 0 Å². The Morgan fingerprint density at radius 1 is 1.44 bits per heavy atom. The van der Waals surface area contributed by atoms with Crippen molar-refractivity contribution in [2.45, 2.75) is 20.0 Å². The molecular formula is C12H14ClNO4. The second-order valence-electron chi connectivity index (χ2n) is 3.73. The fourth-order valence-corrected chi connectivity index (χ4v) is 1.26. The lowest BCUT2D eigenvalue weighted by molar-refractivity contribution is -0.155. The number of halogens is 1. The van der Waals surface area contributed by atoms with Crippen molar-refractivity contribution < 1.29 is 19.1 Å². The predicted octanol–water partition coefficient (Wildman–Crippen LogP) is 1.44. The highest BCUT2D eigenvalue weighted by atomic mass is 35.5. The predicted molar refractivity (Wildman–Crippen MR) is 66.4 cm³/mol. The number of carbonyl (C=O) groups is 2. The van der Waals surface area contributed by atoms with Gasteiger partial charge in [0.25, 0.3) is 5.91 Å². The van der Waals surface area contributed by atoms with Gasteiger partial charge in [-0.3, -0.25) is 4.79 Å². The maximum absolute atomic E-state index is 11.3. The second kappa shape index (κ2) is 6.26. The second-order valence-corrected chi connectivity index (χ2v) is 4.14. The Labute approximate surface area is 110 Å². The third-order valence-electron chi connectivity index (χ3n) is 2.19. The van der Waals surface area contributed by atoms with Gasteiger partial charge in [-0.05, 0) is 37.6 Å². The maximum atomic E-state index is 11.3. The SMILES string of the molecule is Cc1cc(OCC(=O)O[C@H](C)C(N)=O)ccc1Cl. The van der Waals surface area contributed by atoms with Crippen molar-refractivity contribution in [3.8, 4) is 5.75 Å². The van der Waals surface area contributed by atoms with E-state index in [1.54, 1.807) is 18.2 Å². The van der Waals surface area contributed by atoms with Crippen LogP contribution in [0.15, 0.2) is 18.2 Å². The van der Waals surface area contributed by atoms with Crippen LogP contribution in [-0.4, -0.2) is 24.6 Å². The molecule has 0 saturated heterocycles. The Kier molecular flexibility index (Phi) is 4.97. The Morgan fingerprint density at radius 2 is 2.11 bits per heavy atom. The Balaban J connectivity index is 2.47. The molecule has 0 fully saturated rings. The van der Waals surface area contributed by atoms with E-state index in [0.717, 1.165) is 5.56 Å². The quantitative estimate of drug-likeness (QED) is 0.822. The van der Waals surface area contributed by atoms with Gasteiger partial charge >= 0.3 is 5.97 Å². The number of esters is 1. The van der Waals surface area contributed by atoms with Crippen LogP contribution in [0.25, 0.3) is 0 Å². The van der Waals surface area contributed by atoms with E-state index in [1.165, 1.54) is 6.92 Å². The average Bonchev–Trinajstić information content (AvgIpc) is 2.30. The van der Waals surface area contributed by atoms with Gasteiger partial charge in [-0.1, -0.05) is 11.6 Å². The minimum Gasteiger partial charge on any atom is -0.482 e. The molecular weight excluding hydrogens is 258 g/mol. The number of hydrogen-bond donors (Lipinski definition) is 1. The third kappa shape index (κ3) is 4.25. The number of ether oxygens (including phenoxy) is 2. The molecule has 1 amide bonds. The summed E-state index contributed by atoms with van der Waals surface area (Å²) in [7, 11) is 0. The zero-order valence-corrected chi connectivity index (χ0v) is 10.9. The summed E-state index contributed by atoms with van der Waals surface area (Å²) >= 11 is 5.85. The van der Waals surface area contributed by atoms with E-state index in [9.17, 15) is 9.59 Å². The normalized spacial score (nSPS) is 11.7. The summed E-state index contributed by atoms with van der Waals surface area (Å²) in [6.07, 6.45) is -0.965. The zero-order chi connectivity index (χ0) is 13.7. The van der Waals surface area contributed by atoms with Gasteiger partial charge in [0, 0.05) is 5.02 Å². The molecule has 98 valence electrons. The van der Waals surface area contributed by atoms with Crippen LogP contribution in [0, 0.1) is 6.92 Å². The average molecular weight is 272 g/mol. The van der Waals surface area contributed by atoms with Gasteiger partial charge in [-0.25, -0.2) is 4.79 Å². The number of nitrogens with two attached hydrogens (primary N) is 1. The highest BCUT2D eigenvalue weighted by molar-refractivity contribution is 6.31. The highest BCUT2D eigenvalue weighted by Gasteiger charge is 2.14. The smallest absolute Gasteiger partial charge is 0.344 e. The minimum atomic E-state index is -0.965. The third-order valence-corrected chi connectivity index (χ3v) is 2.62. The summed E-state index contributed by atoms with van der Waals surface area (Å²) < 4.78 is 9.92. The van der Waals surface area contributed by atoms with E-state index >= 15 is 0 Å². The number of hydrogen-bond acceptors (Lipinski definition) is 4. The summed E-state index contributed by atoms with van der Waals surface area (Å²) in [6, 6.07) is 5.01. The van der Waals surface area contributed by atoms with Gasteiger partial charge < -0.3 is 15.2 Å². The lowest BCUT2D eigenvalue weighted by Crippen LogP contribution is -2.32. The molecule has 1 aromatic carbocycles. The van der Waals surface area contributed by atoms with E-state index in [2.05, 4.69) is 0 Å². The molecule has 18 heavy (non-hydrogen) atoms. The van der Waals surface area contributed by atoms with Gasteiger partial charge in [0.1, 0.15) is 5.75 Å². The number of rotatable bonds is 5. The number of primary amides is 1. The first-order valence-corrected chi connectivity index (χ1v) is 5.65. The number of amides is 1. The van der Waals surface area contributed by atoms with Crippen LogP contribution in [0.3, 0.4) is 0 Å². The van der Waals surface area contributed by atoms with E-state index in [1.807, 2.05) is 6.92 Å². The molecule has 0 aliphatic carbocycles.